The SMILES string of the molecule is COc1ccc(CC2CCN(C(=O)C3CC3c3ccc(F)cc3)CC2)cc1. The van der Waals surface area contributed by atoms with Gasteiger partial charge in [-0.15, -0.1) is 0 Å². The van der Waals surface area contributed by atoms with Gasteiger partial charge in [-0.3, -0.25) is 4.79 Å². The van der Waals surface area contributed by atoms with Crippen LogP contribution in [0.2, 0.25) is 0 Å². The maximum absolute atomic E-state index is 13.1. The summed E-state index contributed by atoms with van der Waals surface area (Å²) in [5, 5.41) is 0. The standard InChI is InChI=1S/C23H26FNO2/c1-27-20-8-2-16(3-9-20)14-17-10-12-25(13-11-17)23(26)22-15-21(22)18-4-6-19(24)7-5-18/h2-9,17,21-22H,10-15H2,1H3. The largest absolute Gasteiger partial charge is 0.497 e. The molecular formula is C23H26FNO2. The molecule has 1 aliphatic heterocycles. The Hall–Kier alpha value is -2.36. The first kappa shape index (κ1) is 18.0. The normalized spacial score (nSPS) is 22.5. The summed E-state index contributed by atoms with van der Waals surface area (Å²) < 4.78 is 18.3. The van der Waals surface area contributed by atoms with Crippen LogP contribution in [0.5, 0.6) is 5.75 Å². The predicted molar refractivity (Wildman–Crippen MR) is 103 cm³/mol. The topological polar surface area (TPSA) is 29.5 Å². The summed E-state index contributed by atoms with van der Waals surface area (Å²) in [6.45, 7) is 1.71. The van der Waals surface area contributed by atoms with E-state index < -0.39 is 0 Å². The Balaban J connectivity index is 1.26. The van der Waals surface area contributed by atoms with Crippen LogP contribution < -0.4 is 4.74 Å². The van der Waals surface area contributed by atoms with Gasteiger partial charge in [0.2, 0.25) is 5.91 Å². The van der Waals surface area contributed by atoms with Crippen molar-refractivity contribution in [3.63, 3.8) is 0 Å². The summed E-state index contributed by atoms with van der Waals surface area (Å²) in [6.07, 6.45) is 4.08. The van der Waals surface area contributed by atoms with E-state index in [4.69, 9.17) is 4.74 Å². The fourth-order valence-electron chi connectivity index (χ4n) is 4.23. The van der Waals surface area contributed by atoms with Crippen LogP contribution in [-0.2, 0) is 11.2 Å². The molecule has 1 saturated heterocycles. The highest BCUT2D eigenvalue weighted by Crippen LogP contribution is 2.48. The van der Waals surface area contributed by atoms with Crippen molar-refractivity contribution in [1.82, 2.24) is 4.90 Å². The summed E-state index contributed by atoms with van der Waals surface area (Å²) in [4.78, 5) is 14.8. The van der Waals surface area contributed by atoms with Gasteiger partial charge in [-0.05, 0) is 72.9 Å². The fourth-order valence-corrected chi connectivity index (χ4v) is 4.23. The number of likely N-dealkylation sites (tertiary alicyclic amines) is 1. The smallest absolute Gasteiger partial charge is 0.226 e. The molecule has 1 heterocycles. The number of piperidine rings is 1. The van der Waals surface area contributed by atoms with Crippen LogP contribution in [0.15, 0.2) is 48.5 Å². The van der Waals surface area contributed by atoms with E-state index in [1.54, 1.807) is 7.11 Å². The second-order valence-corrected chi connectivity index (χ2v) is 7.82. The van der Waals surface area contributed by atoms with E-state index in [2.05, 4.69) is 12.1 Å². The summed E-state index contributed by atoms with van der Waals surface area (Å²) in [7, 11) is 1.68. The van der Waals surface area contributed by atoms with Gasteiger partial charge in [-0.1, -0.05) is 24.3 Å². The Morgan fingerprint density at radius 3 is 2.37 bits per heavy atom. The van der Waals surface area contributed by atoms with Crippen molar-refractivity contribution in [2.24, 2.45) is 11.8 Å². The van der Waals surface area contributed by atoms with Gasteiger partial charge < -0.3 is 9.64 Å². The van der Waals surface area contributed by atoms with Crippen LogP contribution >= 0.6 is 0 Å². The molecule has 4 heteroatoms. The number of carbonyl (C=O) groups is 1. The van der Waals surface area contributed by atoms with Crippen molar-refractivity contribution in [1.29, 1.82) is 0 Å². The molecule has 0 aromatic heterocycles. The highest BCUT2D eigenvalue weighted by molar-refractivity contribution is 5.83. The van der Waals surface area contributed by atoms with E-state index in [9.17, 15) is 9.18 Å². The lowest BCUT2D eigenvalue weighted by molar-refractivity contribution is -0.134. The minimum atomic E-state index is -0.221. The van der Waals surface area contributed by atoms with Crippen molar-refractivity contribution < 1.29 is 13.9 Å². The van der Waals surface area contributed by atoms with E-state index >= 15 is 0 Å². The number of halogens is 1. The third-order valence-corrected chi connectivity index (χ3v) is 6.02. The molecular weight excluding hydrogens is 341 g/mol. The molecule has 3 nitrogen and oxygen atoms in total. The van der Waals surface area contributed by atoms with Gasteiger partial charge in [0, 0.05) is 19.0 Å². The van der Waals surface area contributed by atoms with Gasteiger partial charge in [0.1, 0.15) is 11.6 Å². The van der Waals surface area contributed by atoms with E-state index in [-0.39, 0.29) is 23.6 Å². The first-order chi connectivity index (χ1) is 13.1. The summed E-state index contributed by atoms with van der Waals surface area (Å²) in [6, 6.07) is 14.9. The zero-order valence-electron chi connectivity index (χ0n) is 15.7. The quantitative estimate of drug-likeness (QED) is 0.783. The lowest BCUT2D eigenvalue weighted by Gasteiger charge is -2.32. The number of amides is 1. The maximum Gasteiger partial charge on any atom is 0.226 e. The van der Waals surface area contributed by atoms with Crippen LogP contribution in [0.3, 0.4) is 0 Å². The van der Waals surface area contributed by atoms with Gasteiger partial charge in [0.15, 0.2) is 0 Å². The van der Waals surface area contributed by atoms with E-state index in [0.29, 0.717) is 5.92 Å². The number of methoxy groups -OCH3 is 1. The van der Waals surface area contributed by atoms with Gasteiger partial charge in [0.25, 0.3) is 0 Å². The number of ether oxygens (including phenoxy) is 1. The van der Waals surface area contributed by atoms with E-state index in [1.165, 1.54) is 17.7 Å². The number of hydrogen-bond acceptors (Lipinski definition) is 2. The molecule has 0 spiro atoms. The molecule has 4 rings (SSSR count). The second kappa shape index (κ2) is 7.71. The molecule has 0 bridgehead atoms. The number of hydrogen-bond donors (Lipinski definition) is 0. The van der Waals surface area contributed by atoms with Gasteiger partial charge >= 0.3 is 0 Å². The number of benzene rings is 2. The Labute approximate surface area is 160 Å². The molecule has 1 amide bonds. The molecule has 27 heavy (non-hydrogen) atoms. The summed E-state index contributed by atoms with van der Waals surface area (Å²) >= 11 is 0. The molecule has 2 aliphatic rings. The van der Waals surface area contributed by atoms with Crippen LogP contribution in [0, 0.1) is 17.7 Å². The molecule has 1 aliphatic carbocycles. The molecule has 142 valence electrons. The van der Waals surface area contributed by atoms with Gasteiger partial charge in [-0.2, -0.15) is 0 Å². The number of nitrogens with zero attached hydrogens (tertiary/aromatic N) is 1. The number of rotatable bonds is 5. The first-order valence-electron chi connectivity index (χ1n) is 9.81. The zero-order chi connectivity index (χ0) is 18.8. The molecule has 2 fully saturated rings. The average Bonchev–Trinajstić information content (AvgIpc) is 3.50. The molecule has 1 saturated carbocycles. The van der Waals surface area contributed by atoms with E-state index in [0.717, 1.165) is 50.1 Å². The fraction of sp³-hybridized carbons (Fsp3) is 0.435. The molecule has 0 radical (unpaired) electrons. The Bertz CT molecular complexity index is 779. The Kier molecular flexibility index (Phi) is 5.15. The first-order valence-corrected chi connectivity index (χ1v) is 9.81. The van der Waals surface area contributed by atoms with Crippen molar-refractivity contribution in [2.45, 2.75) is 31.6 Å². The van der Waals surface area contributed by atoms with Crippen molar-refractivity contribution >= 4 is 5.91 Å². The average molecular weight is 367 g/mol. The lowest BCUT2D eigenvalue weighted by atomic mass is 9.90. The molecule has 2 aromatic carbocycles. The number of carbonyl (C=O) groups excluding carboxylic acids is 1. The third-order valence-electron chi connectivity index (χ3n) is 6.02. The Morgan fingerprint density at radius 1 is 1.07 bits per heavy atom. The maximum atomic E-state index is 13.1. The molecule has 2 atom stereocenters. The predicted octanol–water partition coefficient (Wildman–Crippen LogP) is 4.42. The van der Waals surface area contributed by atoms with E-state index in [1.807, 2.05) is 29.2 Å². The third kappa shape index (κ3) is 4.15. The van der Waals surface area contributed by atoms with Crippen molar-refractivity contribution in [2.75, 3.05) is 20.2 Å². The minimum absolute atomic E-state index is 0.0913. The van der Waals surface area contributed by atoms with Crippen LogP contribution in [0.4, 0.5) is 4.39 Å². The van der Waals surface area contributed by atoms with Crippen LogP contribution in [-0.4, -0.2) is 31.0 Å². The Morgan fingerprint density at radius 2 is 1.74 bits per heavy atom. The zero-order valence-corrected chi connectivity index (χ0v) is 15.7. The van der Waals surface area contributed by atoms with Gasteiger partial charge in [-0.25, -0.2) is 4.39 Å². The summed E-state index contributed by atoms with van der Waals surface area (Å²) in [5.74, 6) is 1.95. The summed E-state index contributed by atoms with van der Waals surface area (Å²) in [5.41, 5.74) is 2.42. The second-order valence-electron chi connectivity index (χ2n) is 7.82. The molecule has 2 aromatic rings. The van der Waals surface area contributed by atoms with Crippen molar-refractivity contribution in [3.8, 4) is 5.75 Å². The van der Waals surface area contributed by atoms with Gasteiger partial charge in [0.05, 0.1) is 7.11 Å². The van der Waals surface area contributed by atoms with Crippen LogP contribution in [0.1, 0.15) is 36.3 Å². The lowest BCUT2D eigenvalue weighted by Crippen LogP contribution is -2.40. The molecule has 0 N–H and O–H groups in total. The minimum Gasteiger partial charge on any atom is -0.497 e. The van der Waals surface area contributed by atoms with Crippen LogP contribution in [0.25, 0.3) is 0 Å². The highest BCUT2D eigenvalue weighted by Gasteiger charge is 2.46. The monoisotopic (exact) mass is 367 g/mol. The highest BCUT2D eigenvalue weighted by atomic mass is 19.1. The molecule has 2 unspecified atom stereocenters. The van der Waals surface area contributed by atoms with Crippen molar-refractivity contribution in [3.05, 3.63) is 65.5 Å².